The number of nitrogens with zero attached hydrogens (tertiary/aromatic N) is 4. The highest BCUT2D eigenvalue weighted by molar-refractivity contribution is 7.99. The Morgan fingerprint density at radius 2 is 1.62 bits per heavy atom. The maximum atomic E-state index is 12.7. The second kappa shape index (κ2) is 12.3. The number of amides is 1. The molecule has 5 rings (SSSR count). The molecule has 8 nitrogen and oxygen atoms in total. The van der Waals surface area contributed by atoms with Gasteiger partial charge in [0.25, 0.3) is 0 Å². The summed E-state index contributed by atoms with van der Waals surface area (Å²) in [6.45, 7) is 0. The van der Waals surface area contributed by atoms with Crippen LogP contribution in [-0.2, 0) is 17.6 Å². The second-order valence-electron chi connectivity index (χ2n) is 8.92. The van der Waals surface area contributed by atoms with Crippen LogP contribution in [0.1, 0.15) is 35.3 Å². The molecule has 1 aliphatic rings. The number of thiophene rings is 1. The summed E-state index contributed by atoms with van der Waals surface area (Å²) in [7, 11) is 3.25. The fourth-order valence-electron chi connectivity index (χ4n) is 4.46. The predicted molar refractivity (Wildman–Crippen MR) is 153 cm³/mol. The van der Waals surface area contributed by atoms with Gasteiger partial charge < -0.3 is 14.8 Å². The first kappa shape index (κ1) is 26.7. The molecule has 0 bridgehead atoms. The SMILES string of the molecule is COc1ccc(-c2nnc(SCCC(=O)Nc3sc4c(c3C#N)CCCC4)nc2-c2ccc(OC)cc2)cc1. The molecule has 0 aliphatic heterocycles. The van der Waals surface area contributed by atoms with E-state index in [1.807, 2.05) is 48.5 Å². The van der Waals surface area contributed by atoms with Crippen molar-refractivity contribution in [3.63, 3.8) is 0 Å². The zero-order valence-electron chi connectivity index (χ0n) is 21.7. The number of hydrogen-bond acceptors (Lipinski definition) is 9. The summed E-state index contributed by atoms with van der Waals surface area (Å²) in [4.78, 5) is 18.8. The second-order valence-corrected chi connectivity index (χ2v) is 11.1. The summed E-state index contributed by atoms with van der Waals surface area (Å²) in [6.07, 6.45) is 4.37. The van der Waals surface area contributed by atoms with Gasteiger partial charge in [0.1, 0.15) is 34.0 Å². The van der Waals surface area contributed by atoms with Gasteiger partial charge in [-0.15, -0.1) is 21.5 Å². The molecule has 4 aromatic rings. The van der Waals surface area contributed by atoms with Crippen molar-refractivity contribution in [2.45, 2.75) is 37.3 Å². The van der Waals surface area contributed by atoms with E-state index in [-0.39, 0.29) is 12.3 Å². The fraction of sp³-hybridized carbons (Fsp3) is 0.276. The van der Waals surface area contributed by atoms with Gasteiger partial charge in [-0.25, -0.2) is 4.98 Å². The van der Waals surface area contributed by atoms with Crippen molar-refractivity contribution in [1.29, 1.82) is 5.26 Å². The van der Waals surface area contributed by atoms with Crippen LogP contribution in [0.25, 0.3) is 22.5 Å². The van der Waals surface area contributed by atoms with Crippen LogP contribution in [0.3, 0.4) is 0 Å². The minimum absolute atomic E-state index is 0.129. The van der Waals surface area contributed by atoms with Crippen molar-refractivity contribution in [1.82, 2.24) is 15.2 Å². The largest absolute Gasteiger partial charge is 0.497 e. The van der Waals surface area contributed by atoms with Crippen LogP contribution in [0.15, 0.2) is 53.7 Å². The van der Waals surface area contributed by atoms with Crippen molar-refractivity contribution < 1.29 is 14.3 Å². The summed E-state index contributed by atoms with van der Waals surface area (Å²) in [5.41, 5.74) is 4.82. The maximum Gasteiger partial charge on any atom is 0.225 e. The molecule has 0 saturated carbocycles. The van der Waals surface area contributed by atoms with Gasteiger partial charge in [-0.1, -0.05) is 11.8 Å². The molecule has 10 heteroatoms. The van der Waals surface area contributed by atoms with Gasteiger partial charge in [-0.2, -0.15) is 5.26 Å². The monoisotopic (exact) mass is 557 g/mol. The standard InChI is InChI=1S/C29H27N5O3S2/c1-36-20-11-7-18(8-12-20)26-27(19-9-13-21(37-2)14-10-19)33-34-29(32-26)38-16-15-25(35)31-28-23(17-30)22-5-3-4-6-24(22)39-28/h7-14H,3-6,15-16H2,1-2H3,(H,31,35). The Balaban J connectivity index is 1.31. The number of benzene rings is 2. The molecule has 0 saturated heterocycles. The van der Waals surface area contributed by atoms with E-state index in [9.17, 15) is 10.1 Å². The topological polar surface area (TPSA) is 110 Å². The molecular weight excluding hydrogens is 530 g/mol. The Morgan fingerprint density at radius 1 is 0.974 bits per heavy atom. The van der Waals surface area contributed by atoms with Crippen LogP contribution in [0, 0.1) is 11.3 Å². The maximum absolute atomic E-state index is 12.7. The first-order chi connectivity index (χ1) is 19.1. The summed E-state index contributed by atoms with van der Waals surface area (Å²) < 4.78 is 10.6. The van der Waals surface area contributed by atoms with Gasteiger partial charge in [0.2, 0.25) is 11.1 Å². The normalized spacial score (nSPS) is 12.3. The van der Waals surface area contributed by atoms with Gasteiger partial charge in [0.15, 0.2) is 0 Å². The van der Waals surface area contributed by atoms with Crippen LogP contribution < -0.4 is 14.8 Å². The summed E-state index contributed by atoms with van der Waals surface area (Å²) in [5, 5.41) is 22.6. The van der Waals surface area contributed by atoms with E-state index in [2.05, 4.69) is 21.6 Å². The number of methoxy groups -OCH3 is 2. The third kappa shape index (κ3) is 6.05. The van der Waals surface area contributed by atoms with Crippen molar-refractivity contribution in [3.05, 3.63) is 64.5 Å². The van der Waals surface area contributed by atoms with E-state index in [0.29, 0.717) is 32.9 Å². The van der Waals surface area contributed by atoms with Crippen molar-refractivity contribution >= 4 is 34.0 Å². The quantitative estimate of drug-likeness (QED) is 0.244. The molecule has 1 aliphatic carbocycles. The van der Waals surface area contributed by atoms with Crippen LogP contribution >= 0.6 is 23.1 Å². The third-order valence-corrected chi connectivity index (χ3v) is 8.54. The summed E-state index contributed by atoms with van der Waals surface area (Å²) >= 11 is 2.91. The summed E-state index contributed by atoms with van der Waals surface area (Å²) in [5.74, 6) is 1.85. The van der Waals surface area contributed by atoms with Gasteiger partial charge in [0, 0.05) is 28.2 Å². The third-order valence-electron chi connectivity index (χ3n) is 6.49. The molecule has 2 heterocycles. The lowest BCUT2D eigenvalue weighted by molar-refractivity contribution is -0.115. The van der Waals surface area contributed by atoms with Crippen molar-refractivity contribution in [2.24, 2.45) is 0 Å². The number of thioether (sulfide) groups is 1. The number of carbonyl (C=O) groups excluding carboxylic acids is 1. The number of nitriles is 1. The molecule has 0 unspecified atom stereocenters. The lowest BCUT2D eigenvalue weighted by atomic mass is 9.96. The average Bonchev–Trinajstić information content (AvgIpc) is 3.34. The first-order valence-electron chi connectivity index (χ1n) is 12.6. The van der Waals surface area contributed by atoms with Gasteiger partial charge in [-0.05, 0) is 79.8 Å². The van der Waals surface area contributed by atoms with Crippen molar-refractivity contribution in [3.8, 4) is 40.1 Å². The molecule has 0 radical (unpaired) electrons. The Kier molecular flexibility index (Phi) is 8.39. The molecule has 198 valence electrons. The minimum Gasteiger partial charge on any atom is -0.497 e. The van der Waals surface area contributed by atoms with Crippen LogP contribution in [0.2, 0.25) is 0 Å². The Bertz CT molecular complexity index is 1510. The molecule has 0 atom stereocenters. The van der Waals surface area contributed by atoms with Crippen molar-refractivity contribution in [2.75, 3.05) is 25.3 Å². The highest BCUT2D eigenvalue weighted by atomic mass is 32.2. The molecule has 1 N–H and O–H groups in total. The van der Waals surface area contributed by atoms with Crippen LogP contribution in [0.4, 0.5) is 5.00 Å². The molecule has 2 aromatic heterocycles. The van der Waals surface area contributed by atoms with Gasteiger partial charge in [0.05, 0.1) is 19.8 Å². The van der Waals surface area contributed by atoms with Gasteiger partial charge >= 0.3 is 0 Å². The van der Waals surface area contributed by atoms with Crippen LogP contribution in [0.5, 0.6) is 11.5 Å². The van der Waals surface area contributed by atoms with E-state index < -0.39 is 0 Å². The molecular formula is C29H27N5O3S2. The zero-order chi connectivity index (χ0) is 27.2. The number of fused-ring (bicyclic) bond motifs is 1. The molecule has 0 fully saturated rings. The number of aryl methyl sites for hydroxylation is 1. The van der Waals surface area contributed by atoms with Crippen LogP contribution in [-0.4, -0.2) is 41.1 Å². The number of nitrogens with one attached hydrogen (secondary N) is 1. The van der Waals surface area contributed by atoms with E-state index in [1.165, 1.54) is 28.0 Å². The van der Waals surface area contributed by atoms with E-state index in [4.69, 9.17) is 14.5 Å². The lowest BCUT2D eigenvalue weighted by Crippen LogP contribution is -2.12. The zero-order valence-corrected chi connectivity index (χ0v) is 23.3. The average molecular weight is 558 g/mol. The number of aromatic nitrogens is 3. The molecule has 2 aromatic carbocycles. The minimum atomic E-state index is -0.129. The fourth-order valence-corrected chi connectivity index (χ4v) is 6.44. The highest BCUT2D eigenvalue weighted by Crippen LogP contribution is 2.38. The predicted octanol–water partition coefficient (Wildman–Crippen LogP) is 6.16. The summed E-state index contributed by atoms with van der Waals surface area (Å²) in [6, 6.07) is 17.5. The Morgan fingerprint density at radius 3 is 2.26 bits per heavy atom. The number of carbonyl (C=O) groups is 1. The van der Waals surface area contributed by atoms with E-state index in [0.717, 1.165) is 53.9 Å². The van der Waals surface area contributed by atoms with E-state index in [1.54, 1.807) is 14.2 Å². The first-order valence-corrected chi connectivity index (χ1v) is 14.4. The molecule has 1 amide bonds. The number of rotatable bonds is 9. The molecule has 0 spiro atoms. The Labute approximate surface area is 235 Å². The lowest BCUT2D eigenvalue weighted by Gasteiger charge is -2.11. The Hall–Kier alpha value is -3.94. The smallest absolute Gasteiger partial charge is 0.225 e. The highest BCUT2D eigenvalue weighted by Gasteiger charge is 2.22. The van der Waals surface area contributed by atoms with Gasteiger partial charge in [-0.3, -0.25) is 4.79 Å². The molecule has 39 heavy (non-hydrogen) atoms. The number of ether oxygens (including phenoxy) is 2. The number of anilines is 1. The number of hydrogen-bond donors (Lipinski definition) is 1. The van der Waals surface area contributed by atoms with E-state index >= 15 is 0 Å².